The summed E-state index contributed by atoms with van der Waals surface area (Å²) in [6, 6.07) is 5.30. The summed E-state index contributed by atoms with van der Waals surface area (Å²) in [6.45, 7) is 4.94. The van der Waals surface area contributed by atoms with E-state index in [1.54, 1.807) is 31.5 Å². The molecule has 9 nitrogen and oxygen atoms in total. The van der Waals surface area contributed by atoms with Gasteiger partial charge in [-0.3, -0.25) is 9.48 Å². The van der Waals surface area contributed by atoms with Crippen molar-refractivity contribution in [3.05, 3.63) is 47.4 Å². The van der Waals surface area contributed by atoms with Crippen LogP contribution in [0.25, 0.3) is 11.3 Å². The Morgan fingerprint density at radius 3 is 2.74 bits per heavy atom. The zero-order valence-electron chi connectivity index (χ0n) is 17.8. The van der Waals surface area contributed by atoms with E-state index in [-0.39, 0.29) is 11.9 Å². The molecule has 0 saturated heterocycles. The standard InChI is InChI=1S/C21H25ClN6O3/c1-13(2)28-12-15(10-25-28)19-16(22)11-24-21(27-19)26-17-6-5-14(9-18(17)31-4)20(29)23-7-8-30-3/h5-6,9-13H,7-8H2,1-4H3,(H,23,29)(H,24,26,27). The third-order valence-electron chi connectivity index (χ3n) is 4.45. The number of rotatable bonds is 9. The molecule has 10 heteroatoms. The average molecular weight is 445 g/mol. The predicted molar refractivity (Wildman–Crippen MR) is 119 cm³/mol. The van der Waals surface area contributed by atoms with E-state index in [0.717, 1.165) is 5.56 Å². The number of methoxy groups -OCH3 is 2. The monoisotopic (exact) mass is 444 g/mol. The maximum atomic E-state index is 12.3. The number of carbonyl (C=O) groups is 1. The number of amides is 1. The van der Waals surface area contributed by atoms with Crippen molar-refractivity contribution in [2.24, 2.45) is 0 Å². The molecule has 2 aromatic heterocycles. The molecule has 0 bridgehead atoms. The molecule has 2 N–H and O–H groups in total. The van der Waals surface area contributed by atoms with Gasteiger partial charge in [0.2, 0.25) is 5.95 Å². The summed E-state index contributed by atoms with van der Waals surface area (Å²) < 4.78 is 12.2. The Morgan fingerprint density at radius 1 is 1.26 bits per heavy atom. The van der Waals surface area contributed by atoms with Crippen molar-refractivity contribution in [2.75, 3.05) is 32.7 Å². The molecule has 0 fully saturated rings. The van der Waals surface area contributed by atoms with Crippen molar-refractivity contribution in [1.82, 2.24) is 25.1 Å². The summed E-state index contributed by atoms with van der Waals surface area (Å²) in [5.74, 6) is 0.605. The van der Waals surface area contributed by atoms with Crippen LogP contribution in [0.3, 0.4) is 0 Å². The highest BCUT2D eigenvalue weighted by Crippen LogP contribution is 2.30. The summed E-state index contributed by atoms with van der Waals surface area (Å²) in [6.07, 6.45) is 5.14. The Labute approximate surface area is 185 Å². The molecule has 0 aliphatic heterocycles. The number of hydrogen-bond acceptors (Lipinski definition) is 7. The molecule has 3 rings (SSSR count). The van der Waals surface area contributed by atoms with Gasteiger partial charge in [-0.05, 0) is 32.0 Å². The van der Waals surface area contributed by atoms with E-state index in [0.29, 0.717) is 46.8 Å². The average Bonchev–Trinajstić information content (AvgIpc) is 3.26. The summed E-state index contributed by atoms with van der Waals surface area (Å²) >= 11 is 6.32. The number of nitrogens with one attached hydrogen (secondary N) is 2. The molecular weight excluding hydrogens is 420 g/mol. The lowest BCUT2D eigenvalue weighted by Crippen LogP contribution is -2.26. The fourth-order valence-corrected chi connectivity index (χ4v) is 3.00. The van der Waals surface area contributed by atoms with Crippen LogP contribution < -0.4 is 15.4 Å². The molecule has 0 unspecified atom stereocenters. The highest BCUT2D eigenvalue weighted by atomic mass is 35.5. The largest absolute Gasteiger partial charge is 0.495 e. The second-order valence-electron chi connectivity index (χ2n) is 6.98. The number of ether oxygens (including phenoxy) is 2. The van der Waals surface area contributed by atoms with E-state index in [4.69, 9.17) is 21.1 Å². The Kier molecular flexibility index (Phi) is 7.43. The van der Waals surface area contributed by atoms with Crippen LogP contribution in [0.5, 0.6) is 5.75 Å². The van der Waals surface area contributed by atoms with Gasteiger partial charge in [-0.15, -0.1) is 0 Å². The maximum Gasteiger partial charge on any atom is 0.251 e. The van der Waals surface area contributed by atoms with Crippen molar-refractivity contribution in [3.63, 3.8) is 0 Å². The first-order chi connectivity index (χ1) is 14.9. The van der Waals surface area contributed by atoms with E-state index >= 15 is 0 Å². The first-order valence-electron chi connectivity index (χ1n) is 9.72. The molecule has 0 aliphatic rings. The minimum Gasteiger partial charge on any atom is -0.495 e. The van der Waals surface area contributed by atoms with Crippen LogP contribution in [0.15, 0.2) is 36.8 Å². The molecule has 0 radical (unpaired) electrons. The third-order valence-corrected chi connectivity index (χ3v) is 4.73. The molecule has 0 atom stereocenters. The summed E-state index contributed by atoms with van der Waals surface area (Å²) in [5, 5.41) is 10.7. The fourth-order valence-electron chi connectivity index (χ4n) is 2.80. The van der Waals surface area contributed by atoms with Crippen LogP contribution in [0.4, 0.5) is 11.6 Å². The molecule has 0 aliphatic carbocycles. The van der Waals surface area contributed by atoms with Crippen LogP contribution in [0.2, 0.25) is 5.02 Å². The second kappa shape index (κ2) is 10.2. The number of carbonyl (C=O) groups excluding carboxylic acids is 1. The highest BCUT2D eigenvalue weighted by molar-refractivity contribution is 6.32. The lowest BCUT2D eigenvalue weighted by atomic mass is 10.1. The Hall–Kier alpha value is -3.17. The zero-order chi connectivity index (χ0) is 22.4. The summed E-state index contributed by atoms with van der Waals surface area (Å²) in [7, 11) is 3.11. The van der Waals surface area contributed by atoms with Crippen molar-refractivity contribution in [3.8, 4) is 17.0 Å². The van der Waals surface area contributed by atoms with E-state index < -0.39 is 0 Å². The normalized spacial score (nSPS) is 10.9. The van der Waals surface area contributed by atoms with E-state index in [2.05, 4.69) is 25.7 Å². The lowest BCUT2D eigenvalue weighted by molar-refractivity contribution is 0.0937. The van der Waals surface area contributed by atoms with Crippen molar-refractivity contribution in [1.29, 1.82) is 0 Å². The molecular formula is C21H25ClN6O3. The minimum absolute atomic E-state index is 0.214. The van der Waals surface area contributed by atoms with Gasteiger partial charge in [-0.25, -0.2) is 9.97 Å². The predicted octanol–water partition coefficient (Wildman–Crippen LogP) is 3.70. The lowest BCUT2D eigenvalue weighted by Gasteiger charge is -2.13. The highest BCUT2D eigenvalue weighted by Gasteiger charge is 2.14. The zero-order valence-corrected chi connectivity index (χ0v) is 18.6. The number of halogens is 1. The number of benzene rings is 1. The second-order valence-corrected chi connectivity index (χ2v) is 7.39. The van der Waals surface area contributed by atoms with Gasteiger partial charge in [0.25, 0.3) is 5.91 Å². The molecule has 3 aromatic rings. The smallest absolute Gasteiger partial charge is 0.251 e. The number of aromatic nitrogens is 4. The van der Waals surface area contributed by atoms with Crippen molar-refractivity contribution in [2.45, 2.75) is 19.9 Å². The SMILES string of the molecule is COCCNC(=O)c1ccc(Nc2ncc(Cl)c(-c3cnn(C(C)C)c3)n2)c(OC)c1. The molecule has 164 valence electrons. The Balaban J connectivity index is 1.82. The van der Waals surface area contributed by atoms with Gasteiger partial charge in [-0.1, -0.05) is 11.6 Å². The van der Waals surface area contributed by atoms with Crippen LogP contribution in [0, 0.1) is 0 Å². The molecule has 0 saturated carbocycles. The first kappa shape index (κ1) is 22.5. The van der Waals surface area contributed by atoms with Gasteiger partial charge in [0.15, 0.2) is 0 Å². The van der Waals surface area contributed by atoms with Gasteiger partial charge in [-0.2, -0.15) is 5.10 Å². The first-order valence-corrected chi connectivity index (χ1v) is 10.1. The molecule has 1 amide bonds. The fraction of sp³-hybridized carbons (Fsp3) is 0.333. The van der Waals surface area contributed by atoms with Gasteiger partial charge >= 0.3 is 0 Å². The van der Waals surface area contributed by atoms with Crippen LogP contribution >= 0.6 is 11.6 Å². The molecule has 0 spiro atoms. The third kappa shape index (κ3) is 5.50. The number of nitrogens with zero attached hydrogens (tertiary/aromatic N) is 4. The minimum atomic E-state index is -0.214. The summed E-state index contributed by atoms with van der Waals surface area (Å²) in [5.41, 5.74) is 2.44. The Morgan fingerprint density at radius 2 is 2.06 bits per heavy atom. The van der Waals surface area contributed by atoms with E-state index in [9.17, 15) is 4.79 Å². The van der Waals surface area contributed by atoms with E-state index in [1.807, 2.05) is 24.7 Å². The number of hydrogen-bond donors (Lipinski definition) is 2. The molecule has 2 heterocycles. The summed E-state index contributed by atoms with van der Waals surface area (Å²) in [4.78, 5) is 21.0. The van der Waals surface area contributed by atoms with Crippen molar-refractivity contribution < 1.29 is 14.3 Å². The van der Waals surface area contributed by atoms with Crippen molar-refractivity contribution >= 4 is 29.1 Å². The van der Waals surface area contributed by atoms with Gasteiger partial charge in [0.1, 0.15) is 5.75 Å². The van der Waals surface area contributed by atoms with Gasteiger partial charge in [0.05, 0.1) is 42.5 Å². The number of anilines is 2. The molecule has 31 heavy (non-hydrogen) atoms. The molecule has 1 aromatic carbocycles. The topological polar surface area (TPSA) is 103 Å². The Bertz CT molecular complexity index is 1050. The van der Waals surface area contributed by atoms with Gasteiger partial charge in [0, 0.05) is 37.0 Å². The van der Waals surface area contributed by atoms with Crippen LogP contribution in [0.1, 0.15) is 30.2 Å². The van der Waals surface area contributed by atoms with E-state index in [1.165, 1.54) is 13.3 Å². The van der Waals surface area contributed by atoms with Gasteiger partial charge < -0.3 is 20.1 Å². The quantitative estimate of drug-likeness (QED) is 0.485. The van der Waals surface area contributed by atoms with Crippen LogP contribution in [-0.2, 0) is 4.74 Å². The maximum absolute atomic E-state index is 12.3. The van der Waals surface area contributed by atoms with Crippen LogP contribution in [-0.4, -0.2) is 53.0 Å².